The van der Waals surface area contributed by atoms with Gasteiger partial charge < -0.3 is 10.6 Å². The summed E-state index contributed by atoms with van der Waals surface area (Å²) in [6.45, 7) is 2.49. The molecule has 8 heteroatoms. The first-order valence-electron chi connectivity index (χ1n) is 19.5. The Morgan fingerprint density at radius 2 is 0.825 bits per heavy atom. The fraction of sp³-hybridized carbons (Fsp3) is 0.143. The Hall–Kier alpha value is -7.06. The van der Waals surface area contributed by atoms with Crippen molar-refractivity contribution < 1.29 is 9.59 Å². The first kappa shape index (κ1) is 36.9. The molecule has 2 N–H and O–H groups in total. The number of hydrogen-bond donors (Lipinski definition) is 2. The Morgan fingerprint density at radius 3 is 1.19 bits per heavy atom. The number of aromatic nitrogens is 4. The zero-order chi connectivity index (χ0) is 39.0. The van der Waals surface area contributed by atoms with Gasteiger partial charge in [0.25, 0.3) is 11.8 Å². The van der Waals surface area contributed by atoms with Crippen LogP contribution in [0, 0.1) is 0 Å². The van der Waals surface area contributed by atoms with Gasteiger partial charge in [-0.05, 0) is 56.2 Å². The predicted octanol–water partition coefficient (Wildman–Crippen LogP) is 10.3. The molecule has 0 aliphatic heterocycles. The number of benzene rings is 6. The van der Waals surface area contributed by atoms with Gasteiger partial charge in [0.1, 0.15) is 0 Å². The third-order valence-electron chi connectivity index (χ3n) is 10.1. The largest absolute Gasteiger partial charge is 0.352 e. The molecule has 280 valence electrons. The van der Waals surface area contributed by atoms with Crippen molar-refractivity contribution in [3.05, 3.63) is 169 Å². The molecule has 1 aliphatic rings. The van der Waals surface area contributed by atoms with Crippen molar-refractivity contribution in [1.82, 2.24) is 30.6 Å². The fourth-order valence-corrected chi connectivity index (χ4v) is 7.18. The predicted molar refractivity (Wildman–Crippen MR) is 229 cm³/mol. The van der Waals surface area contributed by atoms with Crippen LogP contribution in [-0.4, -0.2) is 44.3 Å². The van der Waals surface area contributed by atoms with E-state index in [1.54, 1.807) is 12.1 Å². The molecule has 2 aromatic heterocycles. The molecule has 6 aromatic carbocycles. The van der Waals surface area contributed by atoms with E-state index in [-0.39, 0.29) is 11.8 Å². The average Bonchev–Trinajstić information content (AvgIpc) is 3.79. The smallest absolute Gasteiger partial charge is 0.251 e. The molecule has 8 aromatic rings. The Bertz CT molecular complexity index is 2650. The lowest BCUT2D eigenvalue weighted by Gasteiger charge is -2.13. The van der Waals surface area contributed by atoms with Gasteiger partial charge in [-0.25, -0.2) is 19.9 Å². The van der Waals surface area contributed by atoms with Crippen molar-refractivity contribution in [2.45, 2.75) is 38.6 Å². The molecule has 1 fully saturated rings. The highest BCUT2D eigenvalue weighted by Gasteiger charge is 2.20. The highest BCUT2D eigenvalue weighted by atomic mass is 16.2. The van der Waals surface area contributed by atoms with Crippen LogP contribution in [0.2, 0.25) is 0 Å². The van der Waals surface area contributed by atoms with Crippen molar-refractivity contribution in [1.29, 1.82) is 0 Å². The van der Waals surface area contributed by atoms with Crippen LogP contribution < -0.4 is 10.6 Å². The number of hydrogen-bond acceptors (Lipinski definition) is 6. The molecular weight excluding hydrogens is 705 g/mol. The zero-order valence-corrected chi connectivity index (χ0v) is 31.7. The molecule has 9 rings (SSSR count). The summed E-state index contributed by atoms with van der Waals surface area (Å²) >= 11 is 0. The molecule has 0 bridgehead atoms. The number of carbonyl (C=O) groups excluding carboxylic acids is 2. The molecular formula is C49H42N6O2. The number of rotatable bonds is 8. The Balaban J connectivity index is 0.000000161. The van der Waals surface area contributed by atoms with E-state index >= 15 is 0 Å². The minimum absolute atomic E-state index is 0.0287. The summed E-state index contributed by atoms with van der Waals surface area (Å²) in [5, 5.41) is 5.98. The van der Waals surface area contributed by atoms with Crippen LogP contribution in [0.5, 0.6) is 0 Å². The number of amides is 2. The summed E-state index contributed by atoms with van der Waals surface area (Å²) in [5.41, 5.74) is 11.5. The Labute approximate surface area is 332 Å². The van der Waals surface area contributed by atoms with Crippen LogP contribution in [0.4, 0.5) is 0 Å². The highest BCUT2D eigenvalue weighted by Crippen LogP contribution is 2.33. The normalized spacial score (nSPS) is 12.5. The van der Waals surface area contributed by atoms with Crippen molar-refractivity contribution in [3.63, 3.8) is 0 Å². The summed E-state index contributed by atoms with van der Waals surface area (Å²) in [6.07, 6.45) is 4.52. The minimum atomic E-state index is -0.102. The minimum Gasteiger partial charge on any atom is -0.352 e. The number of fused-ring (bicyclic) bond motifs is 2. The van der Waals surface area contributed by atoms with E-state index in [0.717, 1.165) is 74.4 Å². The van der Waals surface area contributed by atoms with E-state index in [4.69, 9.17) is 19.9 Å². The summed E-state index contributed by atoms with van der Waals surface area (Å²) in [5.74, 6) is -0.131. The van der Waals surface area contributed by atoms with Crippen molar-refractivity contribution in [2.75, 3.05) is 6.54 Å². The van der Waals surface area contributed by atoms with Crippen LogP contribution in [0.15, 0.2) is 158 Å². The Morgan fingerprint density at radius 1 is 0.474 bits per heavy atom. The molecule has 0 unspecified atom stereocenters. The van der Waals surface area contributed by atoms with Gasteiger partial charge >= 0.3 is 0 Å². The molecule has 2 heterocycles. The molecule has 1 saturated carbocycles. The van der Waals surface area contributed by atoms with E-state index in [9.17, 15) is 9.59 Å². The molecule has 2 amide bonds. The topological polar surface area (TPSA) is 110 Å². The van der Waals surface area contributed by atoms with Gasteiger partial charge in [-0.15, -0.1) is 0 Å². The van der Waals surface area contributed by atoms with E-state index in [0.29, 0.717) is 29.2 Å². The van der Waals surface area contributed by atoms with Crippen molar-refractivity contribution in [3.8, 4) is 45.0 Å². The fourth-order valence-electron chi connectivity index (χ4n) is 7.18. The molecule has 0 atom stereocenters. The van der Waals surface area contributed by atoms with Crippen molar-refractivity contribution in [2.24, 2.45) is 0 Å². The number of carbonyl (C=O) groups is 2. The van der Waals surface area contributed by atoms with Crippen molar-refractivity contribution >= 4 is 33.9 Å². The molecule has 0 spiro atoms. The van der Waals surface area contributed by atoms with Crippen LogP contribution in [0.3, 0.4) is 0 Å². The second-order valence-corrected chi connectivity index (χ2v) is 14.0. The second-order valence-electron chi connectivity index (χ2n) is 14.0. The van der Waals surface area contributed by atoms with Gasteiger partial charge in [0.15, 0.2) is 0 Å². The van der Waals surface area contributed by atoms with Gasteiger partial charge in [-0.2, -0.15) is 0 Å². The summed E-state index contributed by atoms with van der Waals surface area (Å²) in [6, 6.07) is 51.6. The zero-order valence-electron chi connectivity index (χ0n) is 31.7. The van der Waals surface area contributed by atoms with Gasteiger partial charge in [-0.1, -0.05) is 134 Å². The van der Waals surface area contributed by atoms with Crippen LogP contribution in [-0.2, 0) is 0 Å². The summed E-state index contributed by atoms with van der Waals surface area (Å²) < 4.78 is 0. The standard InChI is InChI=1S/C26H23N3O.C23H19N3O/c30-26(27-21-13-7-8-14-21)20-15-16-22-23(17-20)29-25(19-11-5-2-6-12-19)24(28-22)18-9-3-1-4-10-18;1-2-24-23(27)18-13-14-19-20(15-18)26-22(17-11-7-4-8-12-17)21(25-19)16-9-5-3-6-10-16/h1-6,9-12,15-17,21H,7-8,13-14H2,(H,27,30);3-15H,2H2,1H3,(H,24,27). The molecule has 0 saturated heterocycles. The lowest BCUT2D eigenvalue weighted by molar-refractivity contribution is 0.0934. The molecule has 8 nitrogen and oxygen atoms in total. The van der Waals surface area contributed by atoms with E-state index < -0.39 is 0 Å². The third-order valence-corrected chi connectivity index (χ3v) is 10.1. The summed E-state index contributed by atoms with van der Waals surface area (Å²) in [4.78, 5) is 44.5. The highest BCUT2D eigenvalue weighted by molar-refractivity contribution is 5.99. The Kier molecular flexibility index (Phi) is 11.1. The van der Waals surface area contributed by atoms with Gasteiger partial charge in [-0.3, -0.25) is 9.59 Å². The second kappa shape index (κ2) is 17.2. The lowest BCUT2D eigenvalue weighted by Crippen LogP contribution is -2.32. The van der Waals surface area contributed by atoms with Crippen LogP contribution in [0.1, 0.15) is 53.3 Å². The maximum absolute atomic E-state index is 12.7. The maximum Gasteiger partial charge on any atom is 0.251 e. The van der Waals surface area contributed by atoms with Gasteiger partial charge in [0.2, 0.25) is 0 Å². The third kappa shape index (κ3) is 8.45. The average molecular weight is 747 g/mol. The quantitative estimate of drug-likeness (QED) is 0.160. The monoisotopic (exact) mass is 746 g/mol. The maximum atomic E-state index is 12.7. The first-order chi connectivity index (χ1) is 28.0. The van der Waals surface area contributed by atoms with Gasteiger partial charge in [0, 0.05) is 46.0 Å². The SMILES string of the molecule is CCNC(=O)c1ccc2nc(-c3ccccc3)c(-c3ccccc3)nc2c1.O=C(NC1CCCC1)c1ccc2nc(-c3ccccc3)c(-c3ccccc3)nc2c1. The van der Waals surface area contributed by atoms with Crippen LogP contribution in [0.25, 0.3) is 67.1 Å². The number of nitrogens with one attached hydrogen (secondary N) is 2. The first-order valence-corrected chi connectivity index (χ1v) is 19.5. The van der Waals surface area contributed by atoms with E-state index in [2.05, 4.69) is 10.6 Å². The van der Waals surface area contributed by atoms with Gasteiger partial charge in [0.05, 0.1) is 44.8 Å². The molecule has 57 heavy (non-hydrogen) atoms. The number of nitrogens with zero attached hydrogens (tertiary/aromatic N) is 4. The summed E-state index contributed by atoms with van der Waals surface area (Å²) in [7, 11) is 0. The van der Waals surface area contributed by atoms with E-state index in [1.807, 2.05) is 153 Å². The molecule has 1 aliphatic carbocycles. The lowest BCUT2D eigenvalue weighted by atomic mass is 10.0. The van der Waals surface area contributed by atoms with Crippen LogP contribution >= 0.6 is 0 Å². The molecule has 0 radical (unpaired) electrons. The van der Waals surface area contributed by atoms with E-state index in [1.165, 1.54) is 12.8 Å².